The Labute approximate surface area is 467 Å². The summed E-state index contributed by atoms with van der Waals surface area (Å²) in [7, 11) is 0. The maximum atomic E-state index is 17.4. The highest BCUT2D eigenvalue weighted by Crippen LogP contribution is 2.56. The number of aromatic amines is 2. The third-order valence-electron chi connectivity index (χ3n) is 18.8. The molecule has 0 spiro atoms. The number of piperidine rings is 1. The number of nitrogens with zero attached hydrogens (tertiary/aromatic N) is 6. The Morgan fingerprint density at radius 2 is 1.14 bits per heavy atom. The van der Waals surface area contributed by atoms with Crippen LogP contribution in [0.3, 0.4) is 0 Å². The van der Waals surface area contributed by atoms with Gasteiger partial charge in [-0.3, -0.25) is 9.59 Å². The van der Waals surface area contributed by atoms with Crippen LogP contribution < -0.4 is 21.3 Å². The van der Waals surface area contributed by atoms with Crippen molar-refractivity contribution in [2.24, 2.45) is 40.6 Å². The molecule has 7 atom stereocenters. The van der Waals surface area contributed by atoms with Gasteiger partial charge in [0.15, 0.2) is 23.8 Å². The number of imidazole rings is 2. The van der Waals surface area contributed by atoms with E-state index in [9.17, 15) is 19.2 Å². The number of amides is 4. The molecule has 18 nitrogen and oxygen atoms in total. The lowest BCUT2D eigenvalue weighted by Crippen LogP contribution is -2.47. The molecule has 436 valence electrons. The number of primary amides is 2. The number of ether oxygens (including phenoxy) is 4. The predicted octanol–water partition coefficient (Wildman–Crippen LogP) is 9.87. The maximum absolute atomic E-state index is 17.4. The minimum absolute atomic E-state index is 0.0323. The third-order valence-corrected chi connectivity index (χ3v) is 18.8. The van der Waals surface area contributed by atoms with Crippen molar-refractivity contribution in [1.29, 1.82) is 0 Å². The largest absolute Gasteiger partial charge is 0.436 e. The minimum Gasteiger partial charge on any atom is -0.436 e. The lowest BCUT2D eigenvalue weighted by atomic mass is 9.75. The summed E-state index contributed by atoms with van der Waals surface area (Å²) in [6.07, 6.45) is 1.73. The smallest absolute Gasteiger partial charge is 0.405 e. The maximum Gasteiger partial charge on any atom is 0.405 e. The van der Waals surface area contributed by atoms with E-state index in [1.54, 1.807) is 38.7 Å². The molecule has 2 aromatic heterocycles. The lowest BCUT2D eigenvalue weighted by Gasteiger charge is -2.43. The Balaban J connectivity index is 0.958. The van der Waals surface area contributed by atoms with Crippen molar-refractivity contribution in [3.05, 3.63) is 82.4 Å². The molecular formula is C59H74F4N10O8. The molecule has 22 heteroatoms. The molecule has 4 unspecified atom stereocenters. The summed E-state index contributed by atoms with van der Waals surface area (Å²) in [5.41, 5.74) is 11.3. The molecule has 6 fully saturated rings. The van der Waals surface area contributed by atoms with Gasteiger partial charge >= 0.3 is 12.2 Å². The molecule has 0 bridgehead atoms. The Hall–Kier alpha value is -6.68. The van der Waals surface area contributed by atoms with Crippen LogP contribution in [0.5, 0.6) is 0 Å². The van der Waals surface area contributed by atoms with Gasteiger partial charge < -0.3 is 60.0 Å². The highest BCUT2D eigenvalue weighted by atomic mass is 19.1. The molecule has 81 heavy (non-hydrogen) atoms. The van der Waals surface area contributed by atoms with Crippen LogP contribution in [0.4, 0.5) is 38.5 Å². The molecular weight excluding hydrogens is 1050 g/mol. The summed E-state index contributed by atoms with van der Waals surface area (Å²) in [5, 5.41) is 0. The summed E-state index contributed by atoms with van der Waals surface area (Å²) < 4.78 is 90.7. The SMILES string of the molecule is CC1CC(c2cc3[nH]c(C4CCCN4C(=O)[C@@H](OC(N)=O)C4CCOCC4)nc3cc2F)N(c2cc(F)c(N3CCC(C(C)(C)C)CC3)c(F)c2)[C@@]1(C)c1cc2[nH]c(C3CCCN3C(=O)[C@@H](OC(N)=O)C3CCOCC3)nc2cc1F. The second-order valence-electron chi connectivity index (χ2n) is 24.5. The van der Waals surface area contributed by atoms with Crippen LogP contribution in [0.1, 0.15) is 146 Å². The Bertz CT molecular complexity index is 3180. The van der Waals surface area contributed by atoms with Gasteiger partial charge in [0.2, 0.25) is 0 Å². The van der Waals surface area contributed by atoms with E-state index >= 15 is 17.6 Å². The number of fused-ring (bicyclic) bond motifs is 2. The van der Waals surface area contributed by atoms with Crippen LogP contribution in [0, 0.1) is 52.4 Å². The Morgan fingerprint density at radius 1 is 0.654 bits per heavy atom. The van der Waals surface area contributed by atoms with Crippen molar-refractivity contribution >= 4 is 57.4 Å². The number of anilines is 2. The average molecular weight is 1130 g/mol. The van der Waals surface area contributed by atoms with Crippen LogP contribution in [0.2, 0.25) is 0 Å². The first kappa shape index (κ1) is 56.2. The standard InChI is InChI=1S/C59H74F4N10O8/c1-31-24-48(36-27-42-44(29-38(36)60)68-52(66-42)46-8-6-16-71(46)54(74)50(80-56(64)76)32-12-20-78-21-13-32)73(35-25-40(62)49(41(63)26-35)70-18-10-34(11-19-70)58(2,3)4)59(31,5)37-28-43-45(30-39(37)61)69-53(67-43)47-9-7-17-72(47)55(75)51(81-57(65)77)33-14-22-79-23-15-33/h25-34,46-48,50-51H,6-24H2,1-5H3,(H2,64,76)(H2,65,77)(H,66,68)(H,67,69)/t31?,46?,47?,48?,50-,51-,59+/m0/s1. The molecule has 5 aromatic rings. The van der Waals surface area contributed by atoms with Crippen molar-refractivity contribution in [3.63, 3.8) is 0 Å². The molecule has 0 aliphatic carbocycles. The van der Waals surface area contributed by atoms with Gasteiger partial charge in [0.1, 0.15) is 29.0 Å². The number of likely N-dealkylation sites (tertiary alicyclic amines) is 2. The summed E-state index contributed by atoms with van der Waals surface area (Å²) in [6, 6.07) is 6.40. The number of carbonyl (C=O) groups excluding carboxylic acids is 4. The van der Waals surface area contributed by atoms with Gasteiger partial charge in [-0.1, -0.05) is 27.7 Å². The first-order valence-electron chi connectivity index (χ1n) is 28.8. The van der Waals surface area contributed by atoms with Crippen molar-refractivity contribution in [2.45, 2.75) is 141 Å². The molecule has 0 radical (unpaired) electrons. The van der Waals surface area contributed by atoms with E-state index in [1.807, 2.05) is 6.92 Å². The second-order valence-corrected chi connectivity index (χ2v) is 24.5. The Morgan fingerprint density at radius 3 is 1.62 bits per heavy atom. The minimum atomic E-state index is -1.39. The van der Waals surface area contributed by atoms with Gasteiger partial charge in [-0.25, -0.2) is 37.1 Å². The van der Waals surface area contributed by atoms with Gasteiger partial charge in [-0.15, -0.1) is 0 Å². The van der Waals surface area contributed by atoms with E-state index in [0.29, 0.717) is 133 Å². The van der Waals surface area contributed by atoms with E-state index < -0.39 is 89.1 Å². The lowest BCUT2D eigenvalue weighted by molar-refractivity contribution is -0.146. The van der Waals surface area contributed by atoms with E-state index in [-0.39, 0.29) is 57.2 Å². The monoisotopic (exact) mass is 1130 g/mol. The van der Waals surface area contributed by atoms with Crippen LogP contribution in [0.25, 0.3) is 22.1 Å². The number of rotatable bonds is 12. The molecule has 6 N–H and O–H groups in total. The number of H-pyrrole nitrogens is 2. The molecule has 11 rings (SSSR count). The number of hydrogen-bond donors (Lipinski definition) is 4. The number of nitrogens with two attached hydrogens (primary N) is 2. The van der Waals surface area contributed by atoms with Crippen LogP contribution in [-0.4, -0.2) is 119 Å². The van der Waals surface area contributed by atoms with Crippen molar-refractivity contribution in [2.75, 3.05) is 62.4 Å². The topological polar surface area (TPSA) is 228 Å². The predicted molar refractivity (Wildman–Crippen MR) is 293 cm³/mol. The van der Waals surface area contributed by atoms with Crippen LogP contribution in [-0.2, 0) is 34.1 Å². The first-order valence-corrected chi connectivity index (χ1v) is 28.8. The molecule has 8 heterocycles. The zero-order chi connectivity index (χ0) is 57.2. The van der Waals surface area contributed by atoms with E-state index in [4.69, 9.17) is 40.4 Å². The fourth-order valence-corrected chi connectivity index (χ4v) is 14.3. The Kier molecular flexibility index (Phi) is 15.4. The zero-order valence-electron chi connectivity index (χ0n) is 46.7. The molecule has 4 amide bonds. The van der Waals surface area contributed by atoms with E-state index in [1.165, 1.54) is 24.3 Å². The second kappa shape index (κ2) is 22.2. The third kappa shape index (κ3) is 10.6. The highest BCUT2D eigenvalue weighted by Gasteiger charge is 2.53. The van der Waals surface area contributed by atoms with Crippen LogP contribution >= 0.6 is 0 Å². The van der Waals surface area contributed by atoms with Gasteiger partial charge in [-0.05, 0) is 119 Å². The van der Waals surface area contributed by atoms with Crippen molar-refractivity contribution in [3.8, 4) is 0 Å². The summed E-state index contributed by atoms with van der Waals surface area (Å²) >= 11 is 0. The molecule has 6 aliphatic heterocycles. The fourth-order valence-electron chi connectivity index (χ4n) is 14.3. The normalized spacial score (nSPS) is 25.3. The first-order chi connectivity index (χ1) is 38.7. The van der Waals surface area contributed by atoms with Gasteiger partial charge in [0, 0.05) is 93.4 Å². The summed E-state index contributed by atoms with van der Waals surface area (Å²) in [6.45, 7) is 13.5. The molecule has 3 aromatic carbocycles. The molecule has 6 saturated heterocycles. The van der Waals surface area contributed by atoms with Crippen molar-refractivity contribution < 1.29 is 55.7 Å². The quantitative estimate of drug-likeness (QED) is 0.0856. The fraction of sp³-hybridized carbons (Fsp3) is 0.593. The molecule has 0 saturated carbocycles. The van der Waals surface area contributed by atoms with E-state index in [2.05, 4.69) is 30.7 Å². The number of aromatic nitrogens is 4. The average Bonchev–Trinajstić information content (AvgIpc) is 3.88. The zero-order valence-corrected chi connectivity index (χ0v) is 46.7. The summed E-state index contributed by atoms with van der Waals surface area (Å²) in [4.78, 5) is 75.9. The molecule has 6 aliphatic rings. The number of hydrogen-bond acceptors (Lipinski definition) is 12. The number of carbonyl (C=O) groups is 4. The van der Waals surface area contributed by atoms with Crippen LogP contribution in [0.15, 0.2) is 36.4 Å². The summed E-state index contributed by atoms with van der Waals surface area (Å²) in [5.74, 6) is -3.58. The van der Waals surface area contributed by atoms with E-state index in [0.717, 1.165) is 12.8 Å². The number of benzene rings is 3. The van der Waals surface area contributed by atoms with Gasteiger partial charge in [0.25, 0.3) is 11.8 Å². The number of halogens is 4. The van der Waals surface area contributed by atoms with Crippen molar-refractivity contribution in [1.82, 2.24) is 29.7 Å². The van der Waals surface area contributed by atoms with Gasteiger partial charge in [-0.2, -0.15) is 0 Å². The number of nitrogens with one attached hydrogen (secondary N) is 2. The van der Waals surface area contributed by atoms with Gasteiger partial charge in [0.05, 0.1) is 45.7 Å². The highest BCUT2D eigenvalue weighted by molar-refractivity contribution is 5.86.